The van der Waals surface area contributed by atoms with Gasteiger partial charge in [-0.3, -0.25) is 19.3 Å². The molecule has 31 heavy (non-hydrogen) atoms. The Bertz CT molecular complexity index is 932. The molecule has 166 valence electrons. The van der Waals surface area contributed by atoms with E-state index in [0.29, 0.717) is 52.1 Å². The molecular formula is C23H31N5O3. The number of hydrogen-bond donors (Lipinski definition) is 2. The van der Waals surface area contributed by atoms with E-state index in [9.17, 15) is 14.4 Å². The lowest BCUT2D eigenvalue weighted by Gasteiger charge is -2.34. The average Bonchev–Trinajstić information content (AvgIpc) is 3.38. The first-order valence-electron chi connectivity index (χ1n) is 11.2. The monoisotopic (exact) mass is 425 g/mol. The highest BCUT2D eigenvalue weighted by Crippen LogP contribution is 2.19. The Morgan fingerprint density at radius 2 is 1.87 bits per heavy atom. The lowest BCUT2D eigenvalue weighted by molar-refractivity contribution is -0.132. The van der Waals surface area contributed by atoms with Gasteiger partial charge in [0, 0.05) is 69.3 Å². The van der Waals surface area contributed by atoms with Crippen molar-refractivity contribution in [2.45, 2.75) is 25.7 Å². The third-order valence-electron chi connectivity index (χ3n) is 6.21. The van der Waals surface area contributed by atoms with Crippen LogP contribution in [0.15, 0.2) is 30.5 Å². The number of benzene rings is 1. The van der Waals surface area contributed by atoms with Gasteiger partial charge in [-0.1, -0.05) is 18.2 Å². The highest BCUT2D eigenvalue weighted by atomic mass is 16.2. The van der Waals surface area contributed by atoms with Crippen LogP contribution in [0.2, 0.25) is 0 Å². The number of hydrogen-bond acceptors (Lipinski definition) is 4. The summed E-state index contributed by atoms with van der Waals surface area (Å²) < 4.78 is 0. The number of nitrogens with zero attached hydrogens (tertiary/aromatic N) is 3. The predicted molar refractivity (Wildman–Crippen MR) is 118 cm³/mol. The van der Waals surface area contributed by atoms with Gasteiger partial charge in [0.05, 0.1) is 13.0 Å². The molecule has 2 fully saturated rings. The number of aromatic nitrogens is 1. The summed E-state index contributed by atoms with van der Waals surface area (Å²) in [6.07, 6.45) is 4.70. The Kier molecular flexibility index (Phi) is 6.86. The number of rotatable bonds is 8. The molecule has 0 saturated carbocycles. The van der Waals surface area contributed by atoms with Crippen LogP contribution in [-0.4, -0.2) is 89.8 Å². The molecular weight excluding hydrogens is 394 g/mol. The summed E-state index contributed by atoms with van der Waals surface area (Å²) in [7, 11) is 0. The van der Waals surface area contributed by atoms with E-state index in [2.05, 4.69) is 15.2 Å². The molecule has 1 aromatic heterocycles. The summed E-state index contributed by atoms with van der Waals surface area (Å²) in [6, 6.07) is 8.02. The molecule has 1 aromatic carbocycles. The number of carbonyl (C=O) groups excluding carboxylic acids is 3. The van der Waals surface area contributed by atoms with E-state index >= 15 is 0 Å². The topological polar surface area (TPSA) is 88.8 Å². The number of fused-ring (bicyclic) bond motifs is 1. The minimum Gasteiger partial charge on any atom is -0.361 e. The van der Waals surface area contributed by atoms with Gasteiger partial charge in [-0.25, -0.2) is 0 Å². The average molecular weight is 426 g/mol. The Labute approximate surface area is 182 Å². The van der Waals surface area contributed by atoms with E-state index in [4.69, 9.17) is 0 Å². The first kappa shape index (κ1) is 21.4. The van der Waals surface area contributed by atoms with Crippen LogP contribution in [0.4, 0.5) is 0 Å². The molecule has 2 saturated heterocycles. The molecule has 2 aliphatic heterocycles. The molecule has 3 heterocycles. The molecule has 0 radical (unpaired) electrons. The first-order chi connectivity index (χ1) is 15.1. The fraction of sp³-hybridized carbons (Fsp3) is 0.522. The van der Waals surface area contributed by atoms with Gasteiger partial charge in [0.25, 0.3) is 0 Å². The van der Waals surface area contributed by atoms with Crippen molar-refractivity contribution >= 4 is 28.6 Å². The molecule has 0 bridgehead atoms. The second-order valence-electron chi connectivity index (χ2n) is 8.38. The van der Waals surface area contributed by atoms with Gasteiger partial charge in [0.1, 0.15) is 0 Å². The number of carbonyl (C=O) groups is 3. The molecule has 0 spiro atoms. The van der Waals surface area contributed by atoms with E-state index in [0.717, 1.165) is 42.4 Å². The van der Waals surface area contributed by atoms with Crippen LogP contribution in [0.3, 0.4) is 0 Å². The number of amides is 3. The van der Waals surface area contributed by atoms with Crippen molar-refractivity contribution in [3.63, 3.8) is 0 Å². The van der Waals surface area contributed by atoms with Crippen molar-refractivity contribution in [1.29, 1.82) is 0 Å². The van der Waals surface area contributed by atoms with Crippen LogP contribution >= 0.6 is 0 Å². The highest BCUT2D eigenvalue weighted by molar-refractivity contribution is 5.89. The van der Waals surface area contributed by atoms with E-state index in [1.165, 1.54) is 0 Å². The SMILES string of the molecule is O=C(CN1CCN(C(=O)Cc2c[nH]c3ccccc23)CC1)NCCCN1CCCC1=O. The number of para-hydroxylation sites is 1. The molecule has 4 rings (SSSR count). The van der Waals surface area contributed by atoms with Gasteiger partial charge in [-0.05, 0) is 24.5 Å². The van der Waals surface area contributed by atoms with Crippen LogP contribution in [-0.2, 0) is 20.8 Å². The Hall–Kier alpha value is -2.87. The zero-order valence-electron chi connectivity index (χ0n) is 17.9. The fourth-order valence-electron chi connectivity index (χ4n) is 4.41. The number of piperazine rings is 1. The minimum atomic E-state index is 0.00585. The third-order valence-corrected chi connectivity index (χ3v) is 6.21. The maximum absolute atomic E-state index is 12.7. The Morgan fingerprint density at radius 3 is 2.65 bits per heavy atom. The number of H-pyrrole nitrogens is 1. The maximum Gasteiger partial charge on any atom is 0.234 e. The van der Waals surface area contributed by atoms with Gasteiger partial charge in [0.2, 0.25) is 17.7 Å². The summed E-state index contributed by atoms with van der Waals surface area (Å²) in [4.78, 5) is 45.6. The normalized spacial score (nSPS) is 17.5. The summed E-state index contributed by atoms with van der Waals surface area (Å²) >= 11 is 0. The molecule has 0 atom stereocenters. The summed E-state index contributed by atoms with van der Waals surface area (Å²) in [6.45, 7) is 5.20. The largest absolute Gasteiger partial charge is 0.361 e. The summed E-state index contributed by atoms with van der Waals surface area (Å²) in [5.41, 5.74) is 2.08. The molecule has 2 aliphatic rings. The minimum absolute atomic E-state index is 0.00585. The molecule has 3 amide bonds. The third kappa shape index (κ3) is 5.44. The zero-order valence-corrected chi connectivity index (χ0v) is 17.9. The van der Waals surface area contributed by atoms with E-state index in [1.807, 2.05) is 40.3 Å². The Morgan fingerprint density at radius 1 is 1.06 bits per heavy atom. The van der Waals surface area contributed by atoms with Crippen molar-refractivity contribution in [2.24, 2.45) is 0 Å². The molecule has 2 N–H and O–H groups in total. The second-order valence-corrected chi connectivity index (χ2v) is 8.38. The fourth-order valence-corrected chi connectivity index (χ4v) is 4.41. The molecule has 0 unspecified atom stereocenters. The molecule has 2 aromatic rings. The maximum atomic E-state index is 12.7. The van der Waals surface area contributed by atoms with Crippen LogP contribution < -0.4 is 5.32 Å². The molecule has 8 heteroatoms. The first-order valence-corrected chi connectivity index (χ1v) is 11.2. The van der Waals surface area contributed by atoms with Gasteiger partial charge < -0.3 is 20.1 Å². The van der Waals surface area contributed by atoms with E-state index in [-0.39, 0.29) is 17.7 Å². The number of nitrogens with one attached hydrogen (secondary N) is 2. The Balaban J connectivity index is 1.14. The number of aromatic amines is 1. The highest BCUT2D eigenvalue weighted by Gasteiger charge is 2.23. The number of likely N-dealkylation sites (tertiary alicyclic amines) is 1. The van der Waals surface area contributed by atoms with Gasteiger partial charge in [-0.2, -0.15) is 0 Å². The second kappa shape index (κ2) is 9.96. The van der Waals surface area contributed by atoms with Gasteiger partial charge in [-0.15, -0.1) is 0 Å². The quantitative estimate of drug-likeness (QED) is 0.617. The zero-order chi connectivity index (χ0) is 21.6. The van der Waals surface area contributed by atoms with Crippen molar-refractivity contribution in [1.82, 2.24) is 25.0 Å². The molecule has 8 nitrogen and oxygen atoms in total. The van der Waals surface area contributed by atoms with Crippen LogP contribution in [0.1, 0.15) is 24.8 Å². The van der Waals surface area contributed by atoms with Crippen LogP contribution in [0.25, 0.3) is 10.9 Å². The lowest BCUT2D eigenvalue weighted by atomic mass is 10.1. The van der Waals surface area contributed by atoms with E-state index < -0.39 is 0 Å². The van der Waals surface area contributed by atoms with Crippen LogP contribution in [0.5, 0.6) is 0 Å². The van der Waals surface area contributed by atoms with Gasteiger partial charge in [0.15, 0.2) is 0 Å². The lowest BCUT2D eigenvalue weighted by Crippen LogP contribution is -2.51. The predicted octanol–water partition coefficient (Wildman–Crippen LogP) is 0.983. The molecule has 0 aliphatic carbocycles. The summed E-state index contributed by atoms with van der Waals surface area (Å²) in [5, 5.41) is 4.04. The smallest absolute Gasteiger partial charge is 0.234 e. The van der Waals surface area contributed by atoms with Gasteiger partial charge >= 0.3 is 0 Å². The van der Waals surface area contributed by atoms with Crippen LogP contribution in [0, 0.1) is 0 Å². The van der Waals surface area contributed by atoms with E-state index in [1.54, 1.807) is 0 Å². The van der Waals surface area contributed by atoms with Crippen molar-refractivity contribution in [3.05, 3.63) is 36.0 Å². The standard InChI is InChI=1S/C23H31N5O3/c29-21(24-8-4-10-27-9-3-7-22(27)30)17-26-11-13-28(14-12-26)23(31)15-18-16-25-20-6-2-1-5-19(18)20/h1-2,5-6,16,25H,3-4,7-15,17H2,(H,24,29). The van der Waals surface area contributed by atoms with Crippen molar-refractivity contribution in [3.8, 4) is 0 Å². The van der Waals surface area contributed by atoms with Crippen molar-refractivity contribution in [2.75, 3.05) is 52.4 Å². The van der Waals surface area contributed by atoms with Crippen molar-refractivity contribution < 1.29 is 14.4 Å². The summed E-state index contributed by atoms with van der Waals surface area (Å²) in [5.74, 6) is 0.361.